The van der Waals surface area contributed by atoms with Gasteiger partial charge in [0.25, 0.3) is 0 Å². The van der Waals surface area contributed by atoms with E-state index in [2.05, 4.69) is 20.3 Å². The Hall–Kier alpha value is -3.30. The highest BCUT2D eigenvalue weighted by atomic mass is 35.5. The maximum Gasteiger partial charge on any atom is 0.248 e. The second kappa shape index (κ2) is 8.09. The number of anilines is 3. The maximum atomic E-state index is 9.75. The lowest BCUT2D eigenvalue weighted by molar-refractivity contribution is 0.266. The van der Waals surface area contributed by atoms with Crippen LogP contribution in [0.25, 0.3) is 11.2 Å². The zero-order valence-electron chi connectivity index (χ0n) is 16.9. The Morgan fingerprint density at radius 3 is 3.06 bits per heavy atom. The molecule has 5 rings (SSSR count). The molecule has 4 heterocycles. The summed E-state index contributed by atoms with van der Waals surface area (Å²) < 4.78 is 8.95. The van der Waals surface area contributed by atoms with Gasteiger partial charge >= 0.3 is 0 Å². The number of rotatable bonds is 6. The topological polar surface area (TPSA) is 92.7 Å². The van der Waals surface area contributed by atoms with E-state index in [4.69, 9.17) is 21.3 Å². The molecule has 31 heavy (non-hydrogen) atoms. The first-order chi connectivity index (χ1) is 15.2. The third-order valence-corrected chi connectivity index (χ3v) is 5.80. The van der Waals surface area contributed by atoms with E-state index in [0.29, 0.717) is 22.5 Å². The van der Waals surface area contributed by atoms with Crippen LogP contribution >= 0.6 is 11.6 Å². The van der Waals surface area contributed by atoms with Crippen molar-refractivity contribution in [3.8, 4) is 11.4 Å². The van der Waals surface area contributed by atoms with Gasteiger partial charge in [-0.2, -0.15) is 4.98 Å². The standard InChI is InChI=1S/C21H22ClN7O2/c1-31-18-10-14(6-7-16(18)22)27-11-19(23-13-27)24-21-25-20(17-5-3-9-29(17)26-21)28-8-2-4-15(28)12-30/h3,5-7,9-11,13,15,30H,2,4,8,12H2,1H3,(H,24,26)/t15-/m0/s1. The molecule has 3 aromatic heterocycles. The van der Waals surface area contributed by atoms with E-state index in [0.717, 1.165) is 36.4 Å². The normalized spacial score (nSPS) is 16.2. The quantitative estimate of drug-likeness (QED) is 0.476. The van der Waals surface area contributed by atoms with E-state index >= 15 is 0 Å². The second-order valence-electron chi connectivity index (χ2n) is 7.38. The monoisotopic (exact) mass is 439 g/mol. The molecule has 1 saturated heterocycles. The van der Waals surface area contributed by atoms with Crippen molar-refractivity contribution < 1.29 is 9.84 Å². The number of ether oxygens (including phenoxy) is 1. The van der Waals surface area contributed by atoms with Gasteiger partial charge < -0.3 is 24.6 Å². The molecule has 10 heteroatoms. The molecule has 0 radical (unpaired) electrons. The van der Waals surface area contributed by atoms with Crippen LogP contribution in [0, 0.1) is 0 Å². The third kappa shape index (κ3) is 3.66. The third-order valence-electron chi connectivity index (χ3n) is 5.49. The summed E-state index contributed by atoms with van der Waals surface area (Å²) >= 11 is 6.12. The summed E-state index contributed by atoms with van der Waals surface area (Å²) in [5, 5.41) is 18.0. The van der Waals surface area contributed by atoms with Crippen LogP contribution in [0.2, 0.25) is 5.02 Å². The Morgan fingerprint density at radius 2 is 2.23 bits per heavy atom. The Morgan fingerprint density at radius 1 is 1.32 bits per heavy atom. The fraction of sp³-hybridized carbons (Fsp3) is 0.286. The number of hydrogen-bond donors (Lipinski definition) is 2. The molecule has 2 N–H and O–H groups in total. The summed E-state index contributed by atoms with van der Waals surface area (Å²) in [5.41, 5.74) is 1.77. The van der Waals surface area contributed by atoms with E-state index in [1.807, 2.05) is 41.2 Å². The highest BCUT2D eigenvalue weighted by Gasteiger charge is 2.27. The van der Waals surface area contributed by atoms with Crippen LogP contribution in [0.5, 0.6) is 5.75 Å². The van der Waals surface area contributed by atoms with Gasteiger partial charge in [-0.05, 0) is 37.1 Å². The molecule has 0 aliphatic carbocycles. The summed E-state index contributed by atoms with van der Waals surface area (Å²) in [4.78, 5) is 11.3. The summed E-state index contributed by atoms with van der Waals surface area (Å²) in [6.07, 6.45) is 7.40. The van der Waals surface area contributed by atoms with Crippen LogP contribution in [0.3, 0.4) is 0 Å². The predicted octanol–water partition coefficient (Wildman–Crippen LogP) is 3.28. The van der Waals surface area contributed by atoms with Crippen molar-refractivity contribution in [1.82, 2.24) is 24.1 Å². The number of aromatic nitrogens is 5. The Labute approximate surface area is 183 Å². The van der Waals surface area contributed by atoms with E-state index < -0.39 is 0 Å². The number of aliphatic hydroxyl groups excluding tert-OH is 1. The molecule has 0 spiro atoms. The van der Waals surface area contributed by atoms with Crippen LogP contribution < -0.4 is 15.0 Å². The number of benzene rings is 1. The molecular formula is C21H22ClN7O2. The van der Waals surface area contributed by atoms with Crippen LogP contribution in [0.4, 0.5) is 17.6 Å². The van der Waals surface area contributed by atoms with Gasteiger partial charge in [-0.3, -0.25) is 0 Å². The molecule has 0 saturated carbocycles. The number of nitrogens with zero attached hydrogens (tertiary/aromatic N) is 6. The van der Waals surface area contributed by atoms with Crippen molar-refractivity contribution in [1.29, 1.82) is 0 Å². The smallest absolute Gasteiger partial charge is 0.248 e. The van der Waals surface area contributed by atoms with Gasteiger partial charge in [-0.15, -0.1) is 5.10 Å². The first kappa shape index (κ1) is 19.7. The van der Waals surface area contributed by atoms with Crippen molar-refractivity contribution in [2.24, 2.45) is 0 Å². The lowest BCUT2D eigenvalue weighted by Crippen LogP contribution is -2.33. The van der Waals surface area contributed by atoms with Crippen molar-refractivity contribution in [3.05, 3.63) is 54.1 Å². The minimum atomic E-state index is 0.0699. The fourth-order valence-corrected chi connectivity index (χ4v) is 4.13. The molecule has 0 amide bonds. The highest BCUT2D eigenvalue weighted by Crippen LogP contribution is 2.30. The average Bonchev–Trinajstić information content (AvgIpc) is 3.54. The van der Waals surface area contributed by atoms with Crippen LogP contribution in [0.15, 0.2) is 49.1 Å². The first-order valence-corrected chi connectivity index (χ1v) is 10.4. The van der Waals surface area contributed by atoms with Crippen molar-refractivity contribution in [3.63, 3.8) is 0 Å². The Balaban J connectivity index is 1.45. The van der Waals surface area contributed by atoms with E-state index in [-0.39, 0.29) is 12.6 Å². The van der Waals surface area contributed by atoms with Crippen molar-refractivity contribution >= 4 is 34.7 Å². The second-order valence-corrected chi connectivity index (χ2v) is 7.79. The molecule has 0 unspecified atom stereocenters. The fourth-order valence-electron chi connectivity index (χ4n) is 3.94. The van der Waals surface area contributed by atoms with Gasteiger partial charge in [0.05, 0.1) is 36.7 Å². The number of fused-ring (bicyclic) bond motifs is 1. The average molecular weight is 440 g/mol. The van der Waals surface area contributed by atoms with Gasteiger partial charge in [0, 0.05) is 18.8 Å². The maximum absolute atomic E-state index is 9.75. The van der Waals surface area contributed by atoms with Crippen LogP contribution in [-0.4, -0.2) is 55.6 Å². The first-order valence-electron chi connectivity index (χ1n) is 10.0. The molecule has 4 aromatic rings. The van der Waals surface area contributed by atoms with Crippen molar-refractivity contribution in [2.75, 3.05) is 30.5 Å². The number of aliphatic hydroxyl groups is 1. The Kier molecular flexibility index (Phi) is 5.13. The minimum Gasteiger partial charge on any atom is -0.495 e. The number of halogens is 1. The molecule has 1 fully saturated rings. The summed E-state index contributed by atoms with van der Waals surface area (Å²) in [6, 6.07) is 9.50. The molecule has 1 aromatic carbocycles. The van der Waals surface area contributed by atoms with Crippen LogP contribution in [-0.2, 0) is 0 Å². The highest BCUT2D eigenvalue weighted by molar-refractivity contribution is 6.32. The number of nitrogens with one attached hydrogen (secondary N) is 1. The molecule has 1 aliphatic rings. The number of hydrogen-bond acceptors (Lipinski definition) is 7. The number of imidazole rings is 1. The summed E-state index contributed by atoms with van der Waals surface area (Å²) in [7, 11) is 1.58. The van der Waals surface area contributed by atoms with Gasteiger partial charge in [-0.25, -0.2) is 9.50 Å². The largest absolute Gasteiger partial charge is 0.495 e. The molecule has 1 atom stereocenters. The summed E-state index contributed by atoms with van der Waals surface area (Å²) in [5.74, 6) is 2.44. The van der Waals surface area contributed by atoms with Crippen molar-refractivity contribution in [2.45, 2.75) is 18.9 Å². The molecular weight excluding hydrogens is 418 g/mol. The zero-order valence-corrected chi connectivity index (χ0v) is 17.7. The van der Waals surface area contributed by atoms with Gasteiger partial charge in [0.2, 0.25) is 5.95 Å². The van der Waals surface area contributed by atoms with Gasteiger partial charge in [0.1, 0.15) is 17.6 Å². The predicted molar refractivity (Wildman–Crippen MR) is 119 cm³/mol. The van der Waals surface area contributed by atoms with E-state index in [1.165, 1.54) is 0 Å². The van der Waals surface area contributed by atoms with Gasteiger partial charge in [0.15, 0.2) is 11.6 Å². The van der Waals surface area contributed by atoms with E-state index in [9.17, 15) is 5.11 Å². The lowest BCUT2D eigenvalue weighted by atomic mass is 10.2. The van der Waals surface area contributed by atoms with E-state index in [1.54, 1.807) is 24.0 Å². The molecule has 9 nitrogen and oxygen atoms in total. The van der Waals surface area contributed by atoms with Gasteiger partial charge in [-0.1, -0.05) is 11.6 Å². The molecule has 0 bridgehead atoms. The Bertz CT molecular complexity index is 1220. The molecule has 1 aliphatic heterocycles. The number of methoxy groups -OCH3 is 1. The SMILES string of the molecule is COc1cc(-n2cnc(Nc3nc(N4CCC[C@H]4CO)c4cccn4n3)c2)ccc1Cl. The lowest BCUT2D eigenvalue weighted by Gasteiger charge is -2.25. The molecule has 160 valence electrons. The zero-order chi connectivity index (χ0) is 21.4. The minimum absolute atomic E-state index is 0.0699. The van der Waals surface area contributed by atoms with Crippen LogP contribution in [0.1, 0.15) is 12.8 Å². The summed E-state index contributed by atoms with van der Waals surface area (Å²) in [6.45, 7) is 0.962.